The Hall–Kier alpha value is -0.920. The van der Waals surface area contributed by atoms with E-state index in [0.29, 0.717) is 12.8 Å². The highest BCUT2D eigenvalue weighted by molar-refractivity contribution is 7.92. The molecule has 2 saturated carbocycles. The zero-order valence-electron chi connectivity index (χ0n) is 11.1. The molecule has 6 nitrogen and oxygen atoms in total. The highest BCUT2D eigenvalue weighted by Crippen LogP contribution is 2.61. The van der Waals surface area contributed by atoms with Gasteiger partial charge in [0.25, 0.3) is 0 Å². The molecule has 0 aromatic carbocycles. The SMILES string of the molecule is C=CS(=O)(=O)NC1(C(=O)OC)CC2(CC(OC)C2)C1. The molecule has 1 N–H and O–H groups in total. The summed E-state index contributed by atoms with van der Waals surface area (Å²) in [5.74, 6) is -0.538. The first kappa shape index (κ1) is 14.5. The number of carbonyl (C=O) groups excluding carboxylic acids is 1. The van der Waals surface area contributed by atoms with Crippen LogP contribution in [0.25, 0.3) is 0 Å². The normalized spacial score (nSPS) is 37.3. The maximum Gasteiger partial charge on any atom is 0.327 e. The molecule has 2 aliphatic carbocycles. The van der Waals surface area contributed by atoms with E-state index in [1.54, 1.807) is 7.11 Å². The van der Waals surface area contributed by atoms with Crippen LogP contribution < -0.4 is 4.72 Å². The smallest absolute Gasteiger partial charge is 0.327 e. The standard InChI is InChI=1S/C12H19NO5S/c1-4-19(15,16)13-12(10(14)18-3)7-11(8-12)5-9(6-11)17-2/h4,9,13H,1,5-8H2,2-3H3. The maximum absolute atomic E-state index is 11.9. The molecular weight excluding hydrogens is 270 g/mol. The van der Waals surface area contributed by atoms with Crippen molar-refractivity contribution < 1.29 is 22.7 Å². The Morgan fingerprint density at radius 3 is 2.37 bits per heavy atom. The zero-order valence-corrected chi connectivity index (χ0v) is 12.0. The number of ether oxygens (including phenoxy) is 2. The van der Waals surface area contributed by atoms with Crippen LogP contribution >= 0.6 is 0 Å². The van der Waals surface area contributed by atoms with E-state index >= 15 is 0 Å². The van der Waals surface area contributed by atoms with Crippen molar-refractivity contribution in [3.05, 3.63) is 12.0 Å². The summed E-state index contributed by atoms with van der Waals surface area (Å²) in [4.78, 5) is 11.9. The second kappa shape index (κ2) is 4.57. The third-order valence-corrected chi connectivity index (χ3v) is 5.26. The van der Waals surface area contributed by atoms with Crippen LogP contribution in [-0.2, 0) is 24.3 Å². The van der Waals surface area contributed by atoms with Gasteiger partial charge in [0.1, 0.15) is 5.54 Å². The Kier molecular flexibility index (Phi) is 3.49. The third-order valence-electron chi connectivity index (χ3n) is 4.14. The predicted molar refractivity (Wildman–Crippen MR) is 68.7 cm³/mol. The second-order valence-electron chi connectivity index (χ2n) is 5.51. The van der Waals surface area contributed by atoms with Crippen molar-refractivity contribution in [1.82, 2.24) is 4.72 Å². The van der Waals surface area contributed by atoms with Gasteiger partial charge in [-0.1, -0.05) is 6.58 Å². The number of nitrogens with one attached hydrogen (secondary N) is 1. The van der Waals surface area contributed by atoms with Gasteiger partial charge in [-0.3, -0.25) is 4.79 Å². The fourth-order valence-electron chi connectivity index (χ4n) is 3.36. The third kappa shape index (κ3) is 2.42. The van der Waals surface area contributed by atoms with E-state index in [1.807, 2.05) is 0 Å². The number of carbonyl (C=O) groups is 1. The molecule has 0 unspecified atom stereocenters. The molecule has 0 bridgehead atoms. The van der Waals surface area contributed by atoms with Crippen molar-refractivity contribution in [3.8, 4) is 0 Å². The Balaban J connectivity index is 2.09. The van der Waals surface area contributed by atoms with Crippen LogP contribution in [-0.4, -0.2) is 40.2 Å². The van der Waals surface area contributed by atoms with Crippen LogP contribution in [0.2, 0.25) is 0 Å². The van der Waals surface area contributed by atoms with Gasteiger partial charge in [-0.05, 0) is 31.1 Å². The quantitative estimate of drug-likeness (QED) is 0.747. The van der Waals surface area contributed by atoms with Gasteiger partial charge >= 0.3 is 5.97 Å². The van der Waals surface area contributed by atoms with Crippen LogP contribution in [0.3, 0.4) is 0 Å². The number of hydrogen-bond acceptors (Lipinski definition) is 5. The van der Waals surface area contributed by atoms with Gasteiger partial charge in [-0.15, -0.1) is 0 Å². The minimum absolute atomic E-state index is 0.0125. The van der Waals surface area contributed by atoms with Gasteiger partial charge in [-0.2, -0.15) is 4.72 Å². The summed E-state index contributed by atoms with van der Waals surface area (Å²) in [6, 6.07) is 0. The first-order chi connectivity index (χ1) is 8.80. The molecular formula is C12H19NO5S. The summed E-state index contributed by atoms with van der Waals surface area (Å²) in [7, 11) is -0.748. The Morgan fingerprint density at radius 2 is 1.95 bits per heavy atom. The molecule has 7 heteroatoms. The van der Waals surface area contributed by atoms with Gasteiger partial charge in [0.05, 0.1) is 13.2 Å². The highest BCUT2D eigenvalue weighted by Gasteiger charge is 2.65. The molecule has 0 amide bonds. The molecule has 0 aliphatic heterocycles. The van der Waals surface area contributed by atoms with Crippen molar-refractivity contribution in [1.29, 1.82) is 0 Å². The number of hydrogen-bond donors (Lipinski definition) is 1. The van der Waals surface area contributed by atoms with Crippen LogP contribution in [0.5, 0.6) is 0 Å². The van der Waals surface area contributed by atoms with E-state index in [-0.39, 0.29) is 11.5 Å². The Bertz CT molecular complexity index is 484. The average molecular weight is 289 g/mol. The molecule has 108 valence electrons. The summed E-state index contributed by atoms with van der Waals surface area (Å²) in [6.45, 7) is 3.23. The second-order valence-corrected chi connectivity index (χ2v) is 7.13. The molecule has 0 aromatic heterocycles. The molecule has 2 fully saturated rings. The fourth-order valence-corrected chi connectivity index (χ4v) is 4.21. The molecule has 0 radical (unpaired) electrons. The molecule has 0 aromatic rings. The summed E-state index contributed by atoms with van der Waals surface area (Å²) < 4.78 is 35.6. The molecule has 0 heterocycles. The molecule has 19 heavy (non-hydrogen) atoms. The minimum Gasteiger partial charge on any atom is -0.468 e. The van der Waals surface area contributed by atoms with Crippen molar-refractivity contribution in [2.24, 2.45) is 5.41 Å². The van der Waals surface area contributed by atoms with E-state index in [4.69, 9.17) is 9.47 Å². The monoisotopic (exact) mass is 289 g/mol. The van der Waals surface area contributed by atoms with E-state index in [2.05, 4.69) is 11.3 Å². The van der Waals surface area contributed by atoms with Gasteiger partial charge in [0.15, 0.2) is 0 Å². The lowest BCUT2D eigenvalue weighted by atomic mass is 9.48. The fraction of sp³-hybridized carbons (Fsp3) is 0.750. The van der Waals surface area contributed by atoms with Crippen molar-refractivity contribution in [2.75, 3.05) is 14.2 Å². The van der Waals surface area contributed by atoms with E-state index < -0.39 is 21.5 Å². The molecule has 2 rings (SSSR count). The maximum atomic E-state index is 11.9. The molecule has 0 saturated heterocycles. The van der Waals surface area contributed by atoms with Gasteiger partial charge in [0.2, 0.25) is 10.0 Å². The van der Waals surface area contributed by atoms with Crippen LogP contribution in [0.15, 0.2) is 12.0 Å². The number of esters is 1. The van der Waals surface area contributed by atoms with E-state index in [1.165, 1.54) is 7.11 Å². The largest absolute Gasteiger partial charge is 0.468 e. The van der Waals surface area contributed by atoms with Gasteiger partial charge in [-0.25, -0.2) is 8.42 Å². The minimum atomic E-state index is -3.66. The highest BCUT2D eigenvalue weighted by atomic mass is 32.2. The first-order valence-corrected chi connectivity index (χ1v) is 7.63. The van der Waals surface area contributed by atoms with Crippen molar-refractivity contribution >= 4 is 16.0 Å². The van der Waals surface area contributed by atoms with Gasteiger partial charge in [0, 0.05) is 12.5 Å². The lowest BCUT2D eigenvalue weighted by molar-refractivity contribution is -0.177. The van der Waals surface area contributed by atoms with Crippen LogP contribution in [0.1, 0.15) is 25.7 Å². The van der Waals surface area contributed by atoms with Gasteiger partial charge < -0.3 is 9.47 Å². The lowest BCUT2D eigenvalue weighted by Crippen LogP contribution is -2.70. The van der Waals surface area contributed by atoms with Crippen LogP contribution in [0, 0.1) is 5.41 Å². The molecule has 2 aliphatic rings. The molecule has 0 atom stereocenters. The summed E-state index contributed by atoms with van der Waals surface area (Å²) >= 11 is 0. The summed E-state index contributed by atoms with van der Waals surface area (Å²) in [6.07, 6.45) is 2.85. The zero-order chi connectivity index (χ0) is 14.3. The first-order valence-electron chi connectivity index (χ1n) is 6.08. The van der Waals surface area contributed by atoms with E-state index in [9.17, 15) is 13.2 Å². The van der Waals surface area contributed by atoms with Crippen molar-refractivity contribution in [2.45, 2.75) is 37.3 Å². The summed E-state index contributed by atoms with van der Waals surface area (Å²) in [5.41, 5.74) is -1.13. The number of sulfonamides is 1. The number of rotatable bonds is 5. The van der Waals surface area contributed by atoms with E-state index in [0.717, 1.165) is 18.2 Å². The Labute approximate surface area is 113 Å². The summed E-state index contributed by atoms with van der Waals surface area (Å²) in [5, 5.41) is 0.807. The lowest BCUT2D eigenvalue weighted by Gasteiger charge is -2.61. The van der Waals surface area contributed by atoms with Crippen molar-refractivity contribution in [3.63, 3.8) is 0 Å². The molecule has 1 spiro atoms. The predicted octanol–water partition coefficient (Wildman–Crippen LogP) is 0.550. The van der Waals surface area contributed by atoms with Crippen LogP contribution in [0.4, 0.5) is 0 Å². The Morgan fingerprint density at radius 1 is 1.37 bits per heavy atom. The number of methoxy groups -OCH3 is 2. The average Bonchev–Trinajstić information content (AvgIpc) is 2.29. The topological polar surface area (TPSA) is 81.7 Å².